The summed E-state index contributed by atoms with van der Waals surface area (Å²) < 4.78 is 0. The third-order valence-electron chi connectivity index (χ3n) is 2.96. The van der Waals surface area contributed by atoms with E-state index in [4.69, 9.17) is 5.73 Å². The Morgan fingerprint density at radius 1 is 1.58 bits per heavy atom. The second-order valence-corrected chi connectivity index (χ2v) is 3.56. The van der Waals surface area contributed by atoms with Crippen LogP contribution in [0.3, 0.4) is 0 Å². The zero-order valence-electron chi connectivity index (χ0n) is 8.30. The first-order chi connectivity index (χ1) is 5.66. The second-order valence-electron chi connectivity index (χ2n) is 3.56. The van der Waals surface area contributed by atoms with Crippen molar-refractivity contribution in [1.29, 1.82) is 0 Å². The van der Waals surface area contributed by atoms with Crippen molar-refractivity contribution in [3.8, 4) is 0 Å². The Balaban J connectivity index is 2.71. The van der Waals surface area contributed by atoms with Crippen LogP contribution in [0.5, 0.6) is 0 Å². The largest absolute Gasteiger partial charge is 0.370 e. The van der Waals surface area contributed by atoms with Crippen molar-refractivity contribution in [3.05, 3.63) is 0 Å². The number of nitrogens with zero attached hydrogens (tertiary/aromatic N) is 2. The summed E-state index contributed by atoms with van der Waals surface area (Å²) in [6.07, 6.45) is 3.51. The van der Waals surface area contributed by atoms with Crippen molar-refractivity contribution in [1.82, 2.24) is 4.90 Å². The van der Waals surface area contributed by atoms with Crippen LogP contribution in [-0.4, -0.2) is 30.0 Å². The summed E-state index contributed by atoms with van der Waals surface area (Å²) in [6.45, 7) is 5.29. The number of rotatable bonds is 3. The molecule has 1 aliphatic rings. The molecule has 0 aromatic heterocycles. The van der Waals surface area contributed by atoms with Gasteiger partial charge in [-0.15, -0.1) is 0 Å². The van der Waals surface area contributed by atoms with Crippen LogP contribution in [0.2, 0.25) is 0 Å². The summed E-state index contributed by atoms with van der Waals surface area (Å²) in [5.41, 5.74) is 5.96. The lowest BCUT2D eigenvalue weighted by Crippen LogP contribution is -2.48. The van der Waals surface area contributed by atoms with E-state index in [-0.39, 0.29) is 5.54 Å². The van der Waals surface area contributed by atoms with E-state index in [1.165, 1.54) is 12.8 Å². The van der Waals surface area contributed by atoms with E-state index >= 15 is 0 Å². The molecule has 3 heteroatoms. The Labute approximate surface area is 74.6 Å². The fourth-order valence-corrected chi connectivity index (χ4v) is 1.92. The second kappa shape index (κ2) is 3.33. The molecule has 1 atom stereocenters. The van der Waals surface area contributed by atoms with E-state index < -0.39 is 0 Å². The SMILES string of the molecule is CCCC1(CC)CN=C(N)N1C. The summed E-state index contributed by atoms with van der Waals surface area (Å²) in [4.78, 5) is 6.42. The lowest BCUT2D eigenvalue weighted by atomic mass is 9.90. The predicted molar refractivity (Wildman–Crippen MR) is 52.2 cm³/mol. The van der Waals surface area contributed by atoms with Crippen LogP contribution in [0.1, 0.15) is 33.1 Å². The molecule has 1 unspecified atom stereocenters. The molecule has 0 aliphatic carbocycles. The molecule has 3 nitrogen and oxygen atoms in total. The topological polar surface area (TPSA) is 41.6 Å². The van der Waals surface area contributed by atoms with Crippen LogP contribution in [-0.2, 0) is 0 Å². The van der Waals surface area contributed by atoms with E-state index in [1.807, 2.05) is 7.05 Å². The zero-order valence-corrected chi connectivity index (χ0v) is 8.30. The lowest BCUT2D eigenvalue weighted by molar-refractivity contribution is 0.209. The molecule has 0 amide bonds. The molecule has 0 fully saturated rings. The Kier molecular flexibility index (Phi) is 2.60. The molecule has 0 aromatic rings. The van der Waals surface area contributed by atoms with Crippen LogP contribution >= 0.6 is 0 Å². The normalized spacial score (nSPS) is 29.2. The summed E-state index contributed by atoms with van der Waals surface area (Å²) in [5.74, 6) is 0.699. The molecule has 12 heavy (non-hydrogen) atoms. The minimum Gasteiger partial charge on any atom is -0.370 e. The summed E-state index contributed by atoms with van der Waals surface area (Å²) in [6, 6.07) is 0. The van der Waals surface area contributed by atoms with Gasteiger partial charge in [0.2, 0.25) is 0 Å². The number of aliphatic imine (C=N–C) groups is 1. The van der Waals surface area contributed by atoms with Crippen LogP contribution < -0.4 is 5.73 Å². The zero-order chi connectivity index (χ0) is 9.19. The molecule has 0 radical (unpaired) electrons. The van der Waals surface area contributed by atoms with Gasteiger partial charge in [0.05, 0.1) is 12.1 Å². The van der Waals surface area contributed by atoms with Crippen LogP contribution in [0.15, 0.2) is 4.99 Å². The molecule has 0 saturated carbocycles. The maximum Gasteiger partial charge on any atom is 0.191 e. The van der Waals surface area contributed by atoms with Crippen molar-refractivity contribution in [2.75, 3.05) is 13.6 Å². The van der Waals surface area contributed by atoms with E-state index in [0.717, 1.165) is 13.0 Å². The van der Waals surface area contributed by atoms with Gasteiger partial charge in [0, 0.05) is 7.05 Å². The first kappa shape index (κ1) is 9.36. The van der Waals surface area contributed by atoms with Gasteiger partial charge in [0.15, 0.2) is 5.96 Å². The number of likely N-dealkylation sites (N-methyl/N-ethyl adjacent to an activating group) is 1. The van der Waals surface area contributed by atoms with E-state index in [1.54, 1.807) is 0 Å². The van der Waals surface area contributed by atoms with Crippen molar-refractivity contribution in [2.24, 2.45) is 10.7 Å². The van der Waals surface area contributed by atoms with Gasteiger partial charge in [-0.25, -0.2) is 0 Å². The molecule has 1 rings (SSSR count). The Morgan fingerprint density at radius 3 is 2.58 bits per heavy atom. The van der Waals surface area contributed by atoms with Gasteiger partial charge in [0.1, 0.15) is 0 Å². The van der Waals surface area contributed by atoms with Gasteiger partial charge < -0.3 is 10.6 Å². The average molecular weight is 169 g/mol. The molecule has 0 bridgehead atoms. The van der Waals surface area contributed by atoms with Crippen LogP contribution in [0.4, 0.5) is 0 Å². The van der Waals surface area contributed by atoms with Gasteiger partial charge in [-0.1, -0.05) is 20.3 Å². The molecule has 0 spiro atoms. The third-order valence-corrected chi connectivity index (χ3v) is 2.96. The highest BCUT2D eigenvalue weighted by Gasteiger charge is 2.37. The molecule has 0 saturated heterocycles. The standard InChI is InChI=1S/C9H19N3/c1-4-6-9(5-2)7-11-8(10)12(9)3/h4-7H2,1-3H3,(H2,10,11). The van der Waals surface area contributed by atoms with Gasteiger partial charge in [-0.3, -0.25) is 4.99 Å². The van der Waals surface area contributed by atoms with Gasteiger partial charge in [0.25, 0.3) is 0 Å². The van der Waals surface area contributed by atoms with Gasteiger partial charge >= 0.3 is 0 Å². The maximum absolute atomic E-state index is 5.74. The fourth-order valence-electron chi connectivity index (χ4n) is 1.92. The molecule has 2 N–H and O–H groups in total. The number of guanidine groups is 1. The Morgan fingerprint density at radius 2 is 2.25 bits per heavy atom. The van der Waals surface area contributed by atoms with E-state index in [2.05, 4.69) is 23.7 Å². The molecular weight excluding hydrogens is 150 g/mol. The third kappa shape index (κ3) is 1.28. The molecule has 0 aromatic carbocycles. The number of hydrogen-bond acceptors (Lipinski definition) is 3. The van der Waals surface area contributed by atoms with E-state index in [0.29, 0.717) is 5.96 Å². The van der Waals surface area contributed by atoms with Crippen molar-refractivity contribution < 1.29 is 0 Å². The fraction of sp³-hybridized carbons (Fsp3) is 0.889. The monoisotopic (exact) mass is 169 g/mol. The minimum absolute atomic E-state index is 0.221. The smallest absolute Gasteiger partial charge is 0.191 e. The first-order valence-electron chi connectivity index (χ1n) is 4.70. The Bertz CT molecular complexity index is 188. The summed E-state index contributed by atoms with van der Waals surface area (Å²) >= 11 is 0. The van der Waals surface area contributed by atoms with Crippen LogP contribution in [0.25, 0.3) is 0 Å². The summed E-state index contributed by atoms with van der Waals surface area (Å²) in [7, 11) is 2.05. The lowest BCUT2D eigenvalue weighted by Gasteiger charge is -2.35. The predicted octanol–water partition coefficient (Wildman–Crippen LogP) is 1.20. The van der Waals surface area contributed by atoms with Gasteiger partial charge in [-0.2, -0.15) is 0 Å². The van der Waals surface area contributed by atoms with Crippen molar-refractivity contribution in [3.63, 3.8) is 0 Å². The summed E-state index contributed by atoms with van der Waals surface area (Å²) in [5, 5.41) is 0. The minimum atomic E-state index is 0.221. The number of hydrogen-bond donors (Lipinski definition) is 1. The van der Waals surface area contributed by atoms with Crippen molar-refractivity contribution >= 4 is 5.96 Å². The van der Waals surface area contributed by atoms with Crippen molar-refractivity contribution in [2.45, 2.75) is 38.6 Å². The van der Waals surface area contributed by atoms with Gasteiger partial charge in [-0.05, 0) is 12.8 Å². The first-order valence-corrected chi connectivity index (χ1v) is 4.70. The highest BCUT2D eigenvalue weighted by molar-refractivity contribution is 5.80. The molecular formula is C9H19N3. The molecule has 1 heterocycles. The highest BCUT2D eigenvalue weighted by Crippen LogP contribution is 2.28. The Hall–Kier alpha value is -0.730. The van der Waals surface area contributed by atoms with E-state index in [9.17, 15) is 0 Å². The maximum atomic E-state index is 5.74. The quantitative estimate of drug-likeness (QED) is 0.689. The number of nitrogens with two attached hydrogens (primary N) is 1. The highest BCUT2D eigenvalue weighted by atomic mass is 15.3. The average Bonchev–Trinajstić information content (AvgIpc) is 2.35. The van der Waals surface area contributed by atoms with Crippen LogP contribution in [0, 0.1) is 0 Å². The molecule has 1 aliphatic heterocycles. The molecule has 70 valence electrons.